The Labute approximate surface area is 107 Å². The molecule has 0 bridgehead atoms. The van der Waals surface area contributed by atoms with Crippen molar-refractivity contribution in [1.82, 2.24) is 5.32 Å². The van der Waals surface area contributed by atoms with Crippen molar-refractivity contribution in [2.45, 2.75) is 19.4 Å². The lowest BCUT2D eigenvalue weighted by atomic mass is 10.2. The van der Waals surface area contributed by atoms with Crippen LogP contribution in [0.4, 0.5) is 0 Å². The number of hydrogen-bond donors (Lipinski definition) is 2. The molecule has 1 atom stereocenters. The average Bonchev–Trinajstić information content (AvgIpc) is 2.77. The van der Waals surface area contributed by atoms with E-state index in [1.54, 1.807) is 0 Å². The highest BCUT2D eigenvalue weighted by Crippen LogP contribution is 2.14. The summed E-state index contributed by atoms with van der Waals surface area (Å²) in [6.45, 7) is 2.63. The van der Waals surface area contributed by atoms with Gasteiger partial charge in [0.25, 0.3) is 0 Å². The summed E-state index contributed by atoms with van der Waals surface area (Å²) in [5.41, 5.74) is 0.874. The van der Waals surface area contributed by atoms with Crippen LogP contribution in [0.25, 0.3) is 0 Å². The number of thiophene rings is 1. The summed E-state index contributed by atoms with van der Waals surface area (Å²) in [5, 5.41) is 16.5. The largest absolute Gasteiger partial charge is 0.387 e. The molecule has 17 heavy (non-hydrogen) atoms. The topological polar surface area (TPSA) is 66.4 Å². The number of hydrogen-bond acceptors (Lipinski definition) is 5. The Morgan fingerprint density at radius 1 is 1.47 bits per heavy atom. The van der Waals surface area contributed by atoms with Gasteiger partial charge in [0.2, 0.25) is 0 Å². The fourth-order valence-corrected chi connectivity index (χ4v) is 3.45. The van der Waals surface area contributed by atoms with Crippen LogP contribution in [0, 0.1) is 0 Å². The van der Waals surface area contributed by atoms with Crippen molar-refractivity contribution in [3.8, 4) is 0 Å². The summed E-state index contributed by atoms with van der Waals surface area (Å²) >= 11 is 1.53. The Hall–Kier alpha value is -0.430. The van der Waals surface area contributed by atoms with Gasteiger partial charge in [-0.3, -0.25) is 0 Å². The van der Waals surface area contributed by atoms with Crippen LogP contribution >= 0.6 is 11.3 Å². The van der Waals surface area contributed by atoms with Gasteiger partial charge in [0.05, 0.1) is 11.9 Å². The van der Waals surface area contributed by atoms with Crippen molar-refractivity contribution in [2.24, 2.45) is 0 Å². The number of aliphatic hydroxyl groups excluding tert-OH is 1. The highest BCUT2D eigenvalue weighted by molar-refractivity contribution is 7.91. The van der Waals surface area contributed by atoms with Gasteiger partial charge in [0.15, 0.2) is 9.84 Å². The number of rotatable bonds is 8. The first-order chi connectivity index (χ1) is 8.05. The van der Waals surface area contributed by atoms with E-state index >= 15 is 0 Å². The van der Waals surface area contributed by atoms with Gasteiger partial charge in [-0.15, -0.1) is 0 Å². The zero-order valence-corrected chi connectivity index (χ0v) is 11.6. The summed E-state index contributed by atoms with van der Waals surface area (Å²) in [7, 11) is -2.93. The van der Waals surface area contributed by atoms with E-state index in [-0.39, 0.29) is 11.5 Å². The quantitative estimate of drug-likeness (QED) is 0.701. The zero-order valence-electron chi connectivity index (χ0n) is 9.93. The van der Waals surface area contributed by atoms with Gasteiger partial charge in [0.1, 0.15) is 0 Å². The maximum Gasteiger partial charge on any atom is 0.151 e. The lowest BCUT2D eigenvalue weighted by Gasteiger charge is -2.10. The molecule has 1 aromatic heterocycles. The Kier molecular flexibility index (Phi) is 6.11. The molecule has 0 aliphatic heterocycles. The SMILES string of the molecule is CCCS(=O)(=O)CCNCC(O)c1ccsc1. The first-order valence-electron chi connectivity index (χ1n) is 5.66. The van der Waals surface area contributed by atoms with Crippen LogP contribution in [0.2, 0.25) is 0 Å². The molecular weight excluding hydrogens is 258 g/mol. The van der Waals surface area contributed by atoms with Gasteiger partial charge in [-0.25, -0.2) is 8.42 Å². The third-order valence-corrected chi connectivity index (χ3v) is 4.93. The lowest BCUT2D eigenvalue weighted by Crippen LogP contribution is -2.28. The highest BCUT2D eigenvalue weighted by Gasteiger charge is 2.10. The second-order valence-electron chi connectivity index (χ2n) is 3.93. The van der Waals surface area contributed by atoms with Crippen LogP contribution in [-0.4, -0.2) is 38.1 Å². The first kappa shape index (κ1) is 14.6. The summed E-state index contributed by atoms with van der Waals surface area (Å²) < 4.78 is 22.8. The van der Waals surface area contributed by atoms with E-state index in [1.165, 1.54) is 11.3 Å². The first-order valence-corrected chi connectivity index (χ1v) is 8.43. The zero-order chi connectivity index (χ0) is 12.7. The molecule has 1 unspecified atom stereocenters. The molecule has 0 aliphatic carbocycles. The Morgan fingerprint density at radius 3 is 2.82 bits per heavy atom. The van der Waals surface area contributed by atoms with E-state index in [9.17, 15) is 13.5 Å². The number of nitrogens with one attached hydrogen (secondary N) is 1. The predicted molar refractivity (Wildman–Crippen MR) is 71.1 cm³/mol. The molecule has 0 aromatic carbocycles. The molecule has 1 heterocycles. The van der Waals surface area contributed by atoms with E-state index in [0.717, 1.165) is 5.56 Å². The standard InChI is InChI=1S/C11H19NO3S2/c1-2-6-17(14,15)7-4-12-8-11(13)10-3-5-16-9-10/h3,5,9,11-13H,2,4,6-8H2,1H3. The van der Waals surface area contributed by atoms with Gasteiger partial charge < -0.3 is 10.4 Å². The Bertz CT molecular complexity index is 400. The van der Waals surface area contributed by atoms with Crippen molar-refractivity contribution in [3.05, 3.63) is 22.4 Å². The average molecular weight is 277 g/mol. The van der Waals surface area contributed by atoms with Crippen molar-refractivity contribution in [3.63, 3.8) is 0 Å². The van der Waals surface area contributed by atoms with Gasteiger partial charge in [-0.2, -0.15) is 11.3 Å². The third kappa shape index (κ3) is 5.63. The van der Waals surface area contributed by atoms with Crippen LogP contribution in [-0.2, 0) is 9.84 Å². The second-order valence-corrected chi connectivity index (χ2v) is 7.01. The number of sulfone groups is 1. The monoisotopic (exact) mass is 277 g/mol. The molecule has 1 aromatic rings. The van der Waals surface area contributed by atoms with Gasteiger partial charge in [0, 0.05) is 18.8 Å². The molecule has 0 spiro atoms. The minimum Gasteiger partial charge on any atom is -0.387 e. The van der Waals surface area contributed by atoms with Crippen molar-refractivity contribution in [2.75, 3.05) is 24.6 Å². The molecule has 0 aliphatic rings. The molecule has 2 N–H and O–H groups in total. The van der Waals surface area contributed by atoms with Crippen LogP contribution in [0.1, 0.15) is 25.0 Å². The molecule has 0 amide bonds. The second kappa shape index (κ2) is 7.10. The van der Waals surface area contributed by atoms with Crippen molar-refractivity contribution >= 4 is 21.2 Å². The maximum atomic E-state index is 11.4. The van der Waals surface area contributed by atoms with Crippen LogP contribution in [0.15, 0.2) is 16.8 Å². The Morgan fingerprint density at radius 2 is 2.24 bits per heavy atom. The molecule has 0 saturated carbocycles. The summed E-state index contributed by atoms with van der Waals surface area (Å²) in [4.78, 5) is 0. The van der Waals surface area contributed by atoms with E-state index < -0.39 is 15.9 Å². The maximum absolute atomic E-state index is 11.4. The van der Waals surface area contributed by atoms with Crippen molar-refractivity contribution in [1.29, 1.82) is 0 Å². The minimum atomic E-state index is -2.93. The molecule has 0 saturated heterocycles. The molecule has 98 valence electrons. The van der Waals surface area contributed by atoms with Gasteiger partial charge >= 0.3 is 0 Å². The highest BCUT2D eigenvalue weighted by atomic mass is 32.2. The smallest absolute Gasteiger partial charge is 0.151 e. The van der Waals surface area contributed by atoms with Gasteiger partial charge in [-0.1, -0.05) is 6.92 Å². The number of aliphatic hydroxyl groups is 1. The third-order valence-electron chi connectivity index (χ3n) is 2.37. The Balaban J connectivity index is 2.21. The normalized spacial score (nSPS) is 13.8. The molecule has 1 rings (SSSR count). The van der Waals surface area contributed by atoms with E-state index in [1.807, 2.05) is 23.8 Å². The van der Waals surface area contributed by atoms with Crippen LogP contribution in [0.5, 0.6) is 0 Å². The molecule has 0 radical (unpaired) electrons. The summed E-state index contributed by atoms with van der Waals surface area (Å²) in [5.74, 6) is 0.374. The van der Waals surface area contributed by atoms with Crippen LogP contribution < -0.4 is 5.32 Å². The van der Waals surface area contributed by atoms with E-state index in [4.69, 9.17) is 0 Å². The minimum absolute atomic E-state index is 0.136. The van der Waals surface area contributed by atoms with Crippen molar-refractivity contribution < 1.29 is 13.5 Å². The summed E-state index contributed by atoms with van der Waals surface area (Å²) in [6, 6.07) is 1.87. The lowest BCUT2D eigenvalue weighted by molar-refractivity contribution is 0.176. The fourth-order valence-electron chi connectivity index (χ4n) is 1.46. The summed E-state index contributed by atoms with van der Waals surface area (Å²) in [6.07, 6.45) is 0.0926. The molecule has 0 fully saturated rings. The molecule has 4 nitrogen and oxygen atoms in total. The fraction of sp³-hybridized carbons (Fsp3) is 0.636. The van der Waals surface area contributed by atoms with Gasteiger partial charge in [-0.05, 0) is 28.8 Å². The molecule has 6 heteroatoms. The van der Waals surface area contributed by atoms with Crippen LogP contribution in [0.3, 0.4) is 0 Å². The van der Waals surface area contributed by atoms with E-state index in [0.29, 0.717) is 19.5 Å². The molecular formula is C11H19NO3S2. The predicted octanol–water partition coefficient (Wildman–Crippen LogP) is 1.20. The van der Waals surface area contributed by atoms with E-state index in [2.05, 4.69) is 5.32 Å².